The number of methoxy groups -OCH3 is 2. The zero-order valence-electron chi connectivity index (χ0n) is 13.8. The Kier molecular flexibility index (Phi) is 4.79. The summed E-state index contributed by atoms with van der Waals surface area (Å²) in [6.07, 6.45) is 2.34. The lowest BCUT2D eigenvalue weighted by Crippen LogP contribution is -2.21. The van der Waals surface area contributed by atoms with E-state index in [4.69, 9.17) is 9.47 Å². The SMILES string of the molecule is COc1ccc(NC(=O)c2ccc(N3CCCC3)nn2)c(OC)c1. The van der Waals surface area contributed by atoms with Crippen molar-refractivity contribution >= 4 is 17.4 Å². The number of nitrogens with zero attached hydrogens (tertiary/aromatic N) is 3. The van der Waals surface area contributed by atoms with Gasteiger partial charge in [0.15, 0.2) is 11.5 Å². The zero-order valence-corrected chi connectivity index (χ0v) is 13.8. The van der Waals surface area contributed by atoms with Gasteiger partial charge in [0.05, 0.1) is 19.9 Å². The molecule has 2 aromatic rings. The molecule has 0 spiro atoms. The molecule has 1 amide bonds. The maximum atomic E-state index is 12.4. The van der Waals surface area contributed by atoms with Gasteiger partial charge in [0.2, 0.25) is 0 Å². The molecule has 3 rings (SSSR count). The molecule has 0 saturated carbocycles. The average molecular weight is 328 g/mol. The second kappa shape index (κ2) is 7.16. The Balaban J connectivity index is 1.72. The third-order valence-electron chi connectivity index (χ3n) is 3.97. The lowest BCUT2D eigenvalue weighted by atomic mass is 10.2. The first-order valence-electron chi connectivity index (χ1n) is 7.83. The molecule has 1 saturated heterocycles. The van der Waals surface area contributed by atoms with Crippen molar-refractivity contribution in [2.75, 3.05) is 37.5 Å². The standard InChI is InChI=1S/C17H20N4O3/c1-23-12-5-6-13(15(11-12)24-2)18-17(22)14-7-8-16(20-19-14)21-9-3-4-10-21/h5-8,11H,3-4,9-10H2,1-2H3,(H,18,22). The molecule has 0 radical (unpaired) electrons. The number of carbonyl (C=O) groups excluding carboxylic acids is 1. The monoisotopic (exact) mass is 328 g/mol. The van der Waals surface area contributed by atoms with Crippen LogP contribution >= 0.6 is 0 Å². The summed E-state index contributed by atoms with van der Waals surface area (Å²) in [5, 5.41) is 11.0. The van der Waals surface area contributed by atoms with Crippen molar-refractivity contribution in [1.82, 2.24) is 10.2 Å². The Labute approximate surface area is 140 Å². The maximum Gasteiger partial charge on any atom is 0.276 e. The summed E-state index contributed by atoms with van der Waals surface area (Å²) >= 11 is 0. The molecule has 0 aliphatic carbocycles. The minimum Gasteiger partial charge on any atom is -0.497 e. The Morgan fingerprint density at radius 1 is 1.08 bits per heavy atom. The van der Waals surface area contributed by atoms with Crippen molar-refractivity contribution in [3.05, 3.63) is 36.0 Å². The van der Waals surface area contributed by atoms with E-state index in [9.17, 15) is 4.79 Å². The molecule has 0 atom stereocenters. The van der Waals surface area contributed by atoms with Crippen molar-refractivity contribution in [3.63, 3.8) is 0 Å². The number of rotatable bonds is 5. The molecule has 1 fully saturated rings. The molecule has 24 heavy (non-hydrogen) atoms. The smallest absolute Gasteiger partial charge is 0.276 e. The fourth-order valence-corrected chi connectivity index (χ4v) is 2.65. The van der Waals surface area contributed by atoms with Crippen LogP contribution in [0.1, 0.15) is 23.3 Å². The highest BCUT2D eigenvalue weighted by molar-refractivity contribution is 6.03. The van der Waals surface area contributed by atoms with E-state index in [1.807, 2.05) is 6.07 Å². The van der Waals surface area contributed by atoms with Crippen LogP contribution in [0.2, 0.25) is 0 Å². The Morgan fingerprint density at radius 3 is 2.50 bits per heavy atom. The van der Waals surface area contributed by atoms with Crippen LogP contribution in [0.3, 0.4) is 0 Å². The number of anilines is 2. The second-order valence-corrected chi connectivity index (χ2v) is 5.49. The predicted octanol–water partition coefficient (Wildman–Crippen LogP) is 2.35. The lowest BCUT2D eigenvalue weighted by Gasteiger charge is -2.15. The topological polar surface area (TPSA) is 76.6 Å². The summed E-state index contributed by atoms with van der Waals surface area (Å²) in [6, 6.07) is 8.70. The summed E-state index contributed by atoms with van der Waals surface area (Å²) < 4.78 is 10.4. The molecule has 7 heteroatoms. The number of ether oxygens (including phenoxy) is 2. The summed E-state index contributed by atoms with van der Waals surface area (Å²) in [5.41, 5.74) is 0.810. The molecular formula is C17H20N4O3. The van der Waals surface area contributed by atoms with E-state index in [1.54, 1.807) is 31.4 Å². The molecule has 0 unspecified atom stereocenters. The summed E-state index contributed by atoms with van der Waals surface area (Å²) in [5.74, 6) is 1.65. The Bertz CT molecular complexity index is 712. The molecule has 1 N–H and O–H groups in total. The van der Waals surface area contributed by atoms with Crippen LogP contribution in [0.25, 0.3) is 0 Å². The van der Waals surface area contributed by atoms with Crippen molar-refractivity contribution in [2.45, 2.75) is 12.8 Å². The molecule has 1 aliphatic rings. The number of aromatic nitrogens is 2. The van der Waals surface area contributed by atoms with Crippen LogP contribution < -0.4 is 19.7 Å². The van der Waals surface area contributed by atoms with Gasteiger partial charge in [-0.3, -0.25) is 4.79 Å². The van der Waals surface area contributed by atoms with Gasteiger partial charge < -0.3 is 19.7 Å². The number of hydrogen-bond acceptors (Lipinski definition) is 6. The summed E-state index contributed by atoms with van der Waals surface area (Å²) in [6.45, 7) is 1.98. The number of benzene rings is 1. The van der Waals surface area contributed by atoms with Crippen molar-refractivity contribution in [2.24, 2.45) is 0 Å². The average Bonchev–Trinajstić information content (AvgIpc) is 3.16. The van der Waals surface area contributed by atoms with Gasteiger partial charge in [-0.2, -0.15) is 0 Å². The van der Waals surface area contributed by atoms with Gasteiger partial charge in [-0.15, -0.1) is 10.2 Å². The normalized spacial score (nSPS) is 13.7. The predicted molar refractivity (Wildman–Crippen MR) is 91.0 cm³/mol. The van der Waals surface area contributed by atoms with E-state index >= 15 is 0 Å². The van der Waals surface area contributed by atoms with Crippen molar-refractivity contribution in [1.29, 1.82) is 0 Å². The highest BCUT2D eigenvalue weighted by Gasteiger charge is 2.16. The van der Waals surface area contributed by atoms with E-state index in [-0.39, 0.29) is 11.6 Å². The molecular weight excluding hydrogens is 308 g/mol. The number of carbonyl (C=O) groups is 1. The molecule has 7 nitrogen and oxygen atoms in total. The van der Waals surface area contributed by atoms with Crippen molar-refractivity contribution in [3.8, 4) is 11.5 Å². The van der Waals surface area contributed by atoms with E-state index in [0.717, 1.165) is 18.9 Å². The van der Waals surface area contributed by atoms with Crippen LogP contribution in [0.15, 0.2) is 30.3 Å². The van der Waals surface area contributed by atoms with Crippen LogP contribution in [0, 0.1) is 0 Å². The van der Waals surface area contributed by atoms with E-state index in [0.29, 0.717) is 17.2 Å². The summed E-state index contributed by atoms with van der Waals surface area (Å²) in [7, 11) is 3.11. The lowest BCUT2D eigenvalue weighted by molar-refractivity contribution is 0.102. The van der Waals surface area contributed by atoms with Gasteiger partial charge in [-0.1, -0.05) is 0 Å². The first-order chi connectivity index (χ1) is 11.7. The molecule has 126 valence electrons. The first-order valence-corrected chi connectivity index (χ1v) is 7.83. The van der Waals surface area contributed by atoms with E-state index in [2.05, 4.69) is 20.4 Å². The number of amides is 1. The van der Waals surface area contributed by atoms with Crippen LogP contribution in [-0.4, -0.2) is 43.4 Å². The second-order valence-electron chi connectivity index (χ2n) is 5.49. The fraction of sp³-hybridized carbons (Fsp3) is 0.353. The third kappa shape index (κ3) is 3.40. The molecule has 1 aromatic heterocycles. The van der Waals surface area contributed by atoms with Gasteiger partial charge in [-0.25, -0.2) is 0 Å². The Hall–Kier alpha value is -2.83. The number of hydrogen-bond donors (Lipinski definition) is 1. The highest BCUT2D eigenvalue weighted by atomic mass is 16.5. The van der Waals surface area contributed by atoms with Crippen LogP contribution in [0.5, 0.6) is 11.5 Å². The molecule has 1 aromatic carbocycles. The molecule has 1 aliphatic heterocycles. The van der Waals surface area contributed by atoms with E-state index < -0.39 is 0 Å². The quantitative estimate of drug-likeness (QED) is 0.908. The van der Waals surface area contributed by atoms with Crippen LogP contribution in [0.4, 0.5) is 11.5 Å². The third-order valence-corrected chi connectivity index (χ3v) is 3.97. The summed E-state index contributed by atoms with van der Waals surface area (Å²) in [4.78, 5) is 14.5. The Morgan fingerprint density at radius 2 is 1.88 bits per heavy atom. The number of nitrogens with one attached hydrogen (secondary N) is 1. The minimum atomic E-state index is -0.334. The van der Waals surface area contributed by atoms with E-state index in [1.165, 1.54) is 20.0 Å². The maximum absolute atomic E-state index is 12.4. The van der Waals surface area contributed by atoms with Gasteiger partial charge in [0.1, 0.15) is 11.5 Å². The largest absolute Gasteiger partial charge is 0.497 e. The minimum absolute atomic E-state index is 0.260. The first kappa shape index (κ1) is 16.0. The van der Waals surface area contributed by atoms with Gasteiger partial charge in [-0.05, 0) is 37.1 Å². The molecule has 0 bridgehead atoms. The van der Waals surface area contributed by atoms with Crippen LogP contribution in [-0.2, 0) is 0 Å². The zero-order chi connectivity index (χ0) is 16.9. The van der Waals surface area contributed by atoms with Gasteiger partial charge >= 0.3 is 0 Å². The van der Waals surface area contributed by atoms with Gasteiger partial charge in [0, 0.05) is 19.2 Å². The fourth-order valence-electron chi connectivity index (χ4n) is 2.65. The van der Waals surface area contributed by atoms with Crippen molar-refractivity contribution < 1.29 is 14.3 Å². The highest BCUT2D eigenvalue weighted by Crippen LogP contribution is 2.29. The molecule has 2 heterocycles. The van der Waals surface area contributed by atoms with Gasteiger partial charge in [0.25, 0.3) is 5.91 Å².